The van der Waals surface area contributed by atoms with Gasteiger partial charge in [-0.15, -0.1) is 0 Å². The Morgan fingerprint density at radius 2 is 1.71 bits per heavy atom. The van der Waals surface area contributed by atoms with Crippen molar-refractivity contribution < 1.29 is 14.3 Å². The van der Waals surface area contributed by atoms with Gasteiger partial charge in [0, 0.05) is 50.8 Å². The van der Waals surface area contributed by atoms with Crippen LogP contribution in [0.15, 0.2) is 30.3 Å². The number of aryl methyl sites for hydroxylation is 1. The van der Waals surface area contributed by atoms with Crippen LogP contribution in [-0.2, 0) is 10.2 Å². The molecule has 2 aromatic rings. The fourth-order valence-corrected chi connectivity index (χ4v) is 4.89. The summed E-state index contributed by atoms with van der Waals surface area (Å²) in [5, 5.41) is 0. The van der Waals surface area contributed by atoms with Gasteiger partial charge in [-0.25, -0.2) is 9.97 Å². The number of ether oxygens (including phenoxy) is 1. The minimum Gasteiger partial charge on any atom is -0.497 e. The highest BCUT2D eigenvalue weighted by atomic mass is 16.5. The van der Waals surface area contributed by atoms with Gasteiger partial charge in [-0.3, -0.25) is 14.5 Å². The van der Waals surface area contributed by atoms with Crippen LogP contribution in [0.3, 0.4) is 0 Å². The van der Waals surface area contributed by atoms with Gasteiger partial charge in [-0.05, 0) is 50.6 Å². The number of carbonyl (C=O) groups is 2. The van der Waals surface area contributed by atoms with Gasteiger partial charge in [-0.2, -0.15) is 0 Å². The molecule has 2 amide bonds. The van der Waals surface area contributed by atoms with Gasteiger partial charge in [0.15, 0.2) is 0 Å². The van der Waals surface area contributed by atoms with E-state index in [1.807, 2.05) is 28.9 Å². The number of likely N-dealkylation sites (N-methyl/N-ethyl adjacent to an activating group) is 1. The molecule has 0 bridgehead atoms. The van der Waals surface area contributed by atoms with Crippen LogP contribution in [-0.4, -0.2) is 83.4 Å². The molecule has 0 spiro atoms. The van der Waals surface area contributed by atoms with E-state index in [-0.39, 0.29) is 23.3 Å². The Kier molecular flexibility index (Phi) is 6.89. The molecule has 182 valence electrons. The van der Waals surface area contributed by atoms with Crippen LogP contribution in [0.4, 0.5) is 0 Å². The summed E-state index contributed by atoms with van der Waals surface area (Å²) in [6.07, 6.45) is 1.58. The van der Waals surface area contributed by atoms with E-state index in [1.54, 1.807) is 20.1 Å². The van der Waals surface area contributed by atoms with Crippen LogP contribution < -0.4 is 4.74 Å². The SMILES string of the molecule is COc1ccc(C2CN(C(=O)c3cc(C)nc(C4(C)CCN(C(C)=O)CC4)n3)CCN2C)cc1. The fourth-order valence-electron chi connectivity index (χ4n) is 4.89. The molecular weight excluding hydrogens is 430 g/mol. The number of amides is 2. The molecule has 0 saturated carbocycles. The number of rotatable bonds is 4. The normalized spacial score (nSPS) is 20.8. The monoisotopic (exact) mass is 465 g/mol. The van der Waals surface area contributed by atoms with Crippen molar-refractivity contribution in [2.45, 2.75) is 45.1 Å². The molecule has 1 atom stereocenters. The van der Waals surface area contributed by atoms with Crippen molar-refractivity contribution in [1.82, 2.24) is 24.7 Å². The number of likely N-dealkylation sites (tertiary alicyclic amines) is 1. The lowest BCUT2D eigenvalue weighted by atomic mass is 9.79. The highest BCUT2D eigenvalue weighted by Crippen LogP contribution is 2.33. The maximum absolute atomic E-state index is 13.6. The summed E-state index contributed by atoms with van der Waals surface area (Å²) in [7, 11) is 3.76. The van der Waals surface area contributed by atoms with Crippen LogP contribution in [0, 0.1) is 6.92 Å². The number of carbonyl (C=O) groups excluding carboxylic acids is 2. The second kappa shape index (κ2) is 9.70. The quantitative estimate of drug-likeness (QED) is 0.691. The Hall–Kier alpha value is -3.00. The Morgan fingerprint density at radius 1 is 1.03 bits per heavy atom. The Labute approximate surface area is 201 Å². The molecule has 34 heavy (non-hydrogen) atoms. The number of piperazine rings is 1. The molecule has 0 N–H and O–H groups in total. The van der Waals surface area contributed by atoms with Crippen molar-refractivity contribution in [3.05, 3.63) is 53.1 Å². The van der Waals surface area contributed by atoms with Crippen molar-refractivity contribution in [3.63, 3.8) is 0 Å². The van der Waals surface area contributed by atoms with E-state index >= 15 is 0 Å². The standard InChI is InChI=1S/C26H35N5O3/c1-18-16-22(28-25(27-18)26(3)10-12-30(13-11-26)19(2)32)24(33)31-15-14-29(4)23(17-31)20-6-8-21(34-5)9-7-20/h6-9,16,23H,10-15,17H2,1-5H3. The zero-order valence-electron chi connectivity index (χ0n) is 20.9. The predicted octanol–water partition coefficient (Wildman–Crippen LogP) is 2.82. The Bertz CT molecular complexity index is 1050. The third-order valence-electron chi connectivity index (χ3n) is 7.36. The van der Waals surface area contributed by atoms with Gasteiger partial charge in [-0.1, -0.05) is 19.1 Å². The lowest BCUT2D eigenvalue weighted by molar-refractivity contribution is -0.130. The second-order valence-corrected chi connectivity index (χ2v) is 9.81. The first-order valence-corrected chi connectivity index (χ1v) is 12.0. The van der Waals surface area contributed by atoms with Crippen molar-refractivity contribution in [2.24, 2.45) is 0 Å². The number of aromatic nitrogens is 2. The molecule has 2 saturated heterocycles. The molecule has 1 unspecified atom stereocenters. The number of benzene rings is 1. The summed E-state index contributed by atoms with van der Waals surface area (Å²) in [5.41, 5.74) is 2.16. The Morgan fingerprint density at radius 3 is 2.32 bits per heavy atom. The molecule has 3 heterocycles. The molecular formula is C26H35N5O3. The molecule has 1 aromatic heterocycles. The lowest BCUT2D eigenvalue weighted by Crippen LogP contribution is -2.49. The maximum atomic E-state index is 13.6. The predicted molar refractivity (Wildman–Crippen MR) is 130 cm³/mol. The van der Waals surface area contributed by atoms with Crippen LogP contribution >= 0.6 is 0 Å². The summed E-state index contributed by atoms with van der Waals surface area (Å²) < 4.78 is 5.29. The van der Waals surface area contributed by atoms with Gasteiger partial charge < -0.3 is 14.5 Å². The molecule has 2 aliphatic heterocycles. The van der Waals surface area contributed by atoms with Gasteiger partial charge in [0.1, 0.15) is 17.3 Å². The highest BCUT2D eigenvalue weighted by molar-refractivity contribution is 5.92. The topological polar surface area (TPSA) is 78.9 Å². The van der Waals surface area contributed by atoms with Gasteiger partial charge in [0.05, 0.1) is 13.2 Å². The summed E-state index contributed by atoms with van der Waals surface area (Å²) in [4.78, 5) is 40.8. The number of nitrogens with zero attached hydrogens (tertiary/aromatic N) is 5. The van der Waals surface area contributed by atoms with E-state index in [0.29, 0.717) is 37.7 Å². The molecule has 2 fully saturated rings. The van der Waals surface area contributed by atoms with Crippen LogP contribution in [0.1, 0.15) is 60.3 Å². The van der Waals surface area contributed by atoms with Crippen LogP contribution in [0.2, 0.25) is 0 Å². The van der Waals surface area contributed by atoms with E-state index in [2.05, 4.69) is 31.0 Å². The minimum absolute atomic E-state index is 0.0527. The molecule has 0 aliphatic carbocycles. The van der Waals surface area contributed by atoms with E-state index < -0.39 is 0 Å². The first-order chi connectivity index (χ1) is 16.2. The summed E-state index contributed by atoms with van der Waals surface area (Å²) >= 11 is 0. The van der Waals surface area contributed by atoms with Crippen molar-refractivity contribution in [2.75, 3.05) is 46.9 Å². The molecule has 1 aromatic carbocycles. The van der Waals surface area contributed by atoms with E-state index in [1.165, 1.54) is 0 Å². The van der Waals surface area contributed by atoms with Crippen molar-refractivity contribution in [1.29, 1.82) is 0 Å². The maximum Gasteiger partial charge on any atom is 0.272 e. The van der Waals surface area contributed by atoms with Gasteiger partial charge in [0.2, 0.25) is 5.91 Å². The smallest absolute Gasteiger partial charge is 0.272 e. The zero-order valence-corrected chi connectivity index (χ0v) is 20.9. The molecule has 8 heteroatoms. The Balaban J connectivity index is 1.53. The molecule has 0 radical (unpaired) electrons. The lowest BCUT2D eigenvalue weighted by Gasteiger charge is -2.40. The zero-order chi connectivity index (χ0) is 24.5. The second-order valence-electron chi connectivity index (χ2n) is 9.81. The average molecular weight is 466 g/mol. The third-order valence-corrected chi connectivity index (χ3v) is 7.36. The first kappa shape index (κ1) is 24.1. The third kappa shape index (κ3) is 4.92. The largest absolute Gasteiger partial charge is 0.497 e. The van der Waals surface area contributed by atoms with Crippen LogP contribution in [0.25, 0.3) is 0 Å². The van der Waals surface area contributed by atoms with Gasteiger partial charge in [0.25, 0.3) is 5.91 Å². The number of piperidine rings is 1. The minimum atomic E-state index is -0.249. The summed E-state index contributed by atoms with van der Waals surface area (Å²) in [6.45, 7) is 9.10. The van der Waals surface area contributed by atoms with Crippen molar-refractivity contribution >= 4 is 11.8 Å². The number of hydrogen-bond acceptors (Lipinski definition) is 6. The van der Waals surface area contributed by atoms with E-state index in [9.17, 15) is 9.59 Å². The van der Waals surface area contributed by atoms with E-state index in [4.69, 9.17) is 14.7 Å². The molecule has 4 rings (SSSR count). The first-order valence-electron chi connectivity index (χ1n) is 12.0. The van der Waals surface area contributed by atoms with Gasteiger partial charge >= 0.3 is 0 Å². The molecule has 8 nitrogen and oxygen atoms in total. The van der Waals surface area contributed by atoms with Crippen molar-refractivity contribution in [3.8, 4) is 5.75 Å². The number of hydrogen-bond donors (Lipinski definition) is 0. The van der Waals surface area contributed by atoms with Crippen LogP contribution in [0.5, 0.6) is 5.75 Å². The number of methoxy groups -OCH3 is 1. The average Bonchev–Trinajstić information content (AvgIpc) is 2.84. The van der Waals surface area contributed by atoms with E-state index in [0.717, 1.165) is 36.4 Å². The molecule has 2 aliphatic rings. The highest BCUT2D eigenvalue weighted by Gasteiger charge is 2.36. The fraction of sp³-hybridized carbons (Fsp3) is 0.538. The summed E-state index contributed by atoms with van der Waals surface area (Å²) in [6, 6.07) is 9.95. The summed E-state index contributed by atoms with van der Waals surface area (Å²) in [5.74, 6) is 1.58.